The van der Waals surface area contributed by atoms with Crippen molar-refractivity contribution in [2.45, 2.75) is 13.0 Å². The minimum atomic E-state index is -3.20. The Labute approximate surface area is 106 Å². The third-order valence-electron chi connectivity index (χ3n) is 2.39. The Kier molecular flexibility index (Phi) is 5.06. The molecule has 1 aromatic carbocycles. The van der Waals surface area contributed by atoms with Gasteiger partial charge in [-0.05, 0) is 13.0 Å². The summed E-state index contributed by atoms with van der Waals surface area (Å²) < 4.78 is 37.4. The average Bonchev–Trinajstić information content (AvgIpc) is 2.22. The third-order valence-corrected chi connectivity index (χ3v) is 3.12. The second kappa shape index (κ2) is 6.12. The SMILES string of the molecule is CC(NCCNS(C)(=O)=O)c1ccc(O)cc1F. The predicted octanol–water partition coefficient (Wildman–Crippen LogP) is 0.731. The van der Waals surface area contributed by atoms with Gasteiger partial charge in [0.2, 0.25) is 10.0 Å². The summed E-state index contributed by atoms with van der Waals surface area (Å²) in [5.41, 5.74) is 0.423. The Morgan fingerprint density at radius 2 is 2.06 bits per heavy atom. The van der Waals surface area contributed by atoms with E-state index < -0.39 is 15.8 Å². The van der Waals surface area contributed by atoms with Crippen LogP contribution in [0.15, 0.2) is 18.2 Å². The normalized spacial score (nSPS) is 13.5. The van der Waals surface area contributed by atoms with Crippen LogP contribution < -0.4 is 10.0 Å². The summed E-state index contributed by atoms with van der Waals surface area (Å²) in [4.78, 5) is 0. The minimum Gasteiger partial charge on any atom is -0.508 e. The van der Waals surface area contributed by atoms with Gasteiger partial charge in [-0.25, -0.2) is 17.5 Å². The molecular weight excluding hydrogens is 259 g/mol. The molecule has 5 nitrogen and oxygen atoms in total. The van der Waals surface area contributed by atoms with Gasteiger partial charge < -0.3 is 10.4 Å². The first-order valence-corrected chi connectivity index (χ1v) is 7.35. The highest BCUT2D eigenvalue weighted by Gasteiger charge is 2.10. The van der Waals surface area contributed by atoms with Crippen LogP contribution in [0.25, 0.3) is 0 Å². The molecule has 1 aromatic rings. The third kappa shape index (κ3) is 4.99. The zero-order chi connectivity index (χ0) is 13.8. The number of halogens is 1. The van der Waals surface area contributed by atoms with Crippen molar-refractivity contribution >= 4 is 10.0 Å². The van der Waals surface area contributed by atoms with E-state index in [1.165, 1.54) is 12.1 Å². The van der Waals surface area contributed by atoms with Crippen molar-refractivity contribution in [1.29, 1.82) is 0 Å². The molecule has 0 amide bonds. The number of sulfonamides is 1. The van der Waals surface area contributed by atoms with Gasteiger partial charge in [-0.2, -0.15) is 0 Å². The Bertz CT molecular complexity index is 505. The van der Waals surface area contributed by atoms with Crippen LogP contribution in [0.5, 0.6) is 5.75 Å². The van der Waals surface area contributed by atoms with E-state index in [4.69, 9.17) is 5.11 Å². The van der Waals surface area contributed by atoms with Crippen LogP contribution in [-0.2, 0) is 10.0 Å². The largest absolute Gasteiger partial charge is 0.508 e. The molecule has 0 heterocycles. The van der Waals surface area contributed by atoms with Gasteiger partial charge in [0, 0.05) is 30.8 Å². The van der Waals surface area contributed by atoms with E-state index in [9.17, 15) is 12.8 Å². The van der Waals surface area contributed by atoms with Gasteiger partial charge in [-0.15, -0.1) is 0 Å². The molecule has 18 heavy (non-hydrogen) atoms. The van der Waals surface area contributed by atoms with Crippen LogP contribution in [0.2, 0.25) is 0 Å². The molecule has 0 saturated heterocycles. The van der Waals surface area contributed by atoms with E-state index >= 15 is 0 Å². The van der Waals surface area contributed by atoms with E-state index in [-0.39, 0.29) is 18.3 Å². The van der Waals surface area contributed by atoms with Gasteiger partial charge in [-0.3, -0.25) is 0 Å². The lowest BCUT2D eigenvalue weighted by atomic mass is 10.1. The smallest absolute Gasteiger partial charge is 0.208 e. The number of nitrogens with one attached hydrogen (secondary N) is 2. The molecule has 0 aliphatic heterocycles. The van der Waals surface area contributed by atoms with Gasteiger partial charge in [0.25, 0.3) is 0 Å². The Balaban J connectivity index is 2.48. The topological polar surface area (TPSA) is 78.4 Å². The van der Waals surface area contributed by atoms with Crippen molar-refractivity contribution in [3.8, 4) is 5.75 Å². The quantitative estimate of drug-likeness (QED) is 0.669. The summed E-state index contributed by atoms with van der Waals surface area (Å²) in [6.07, 6.45) is 1.08. The first-order valence-electron chi connectivity index (χ1n) is 5.46. The molecule has 0 fully saturated rings. The molecular formula is C11H17FN2O3S. The van der Waals surface area contributed by atoms with Crippen LogP contribution in [0.3, 0.4) is 0 Å². The standard InChI is InChI=1S/C11H17FN2O3S/c1-8(13-5-6-14-18(2,16)17)10-4-3-9(15)7-11(10)12/h3-4,7-8,13-15H,5-6H2,1-2H3. The van der Waals surface area contributed by atoms with Crippen LogP contribution in [0, 0.1) is 5.82 Å². The molecule has 0 aliphatic carbocycles. The molecule has 3 N–H and O–H groups in total. The Morgan fingerprint density at radius 1 is 1.39 bits per heavy atom. The molecule has 0 radical (unpaired) electrons. The summed E-state index contributed by atoms with van der Waals surface area (Å²) in [6.45, 7) is 2.38. The summed E-state index contributed by atoms with van der Waals surface area (Å²) in [7, 11) is -3.20. The lowest BCUT2D eigenvalue weighted by molar-refractivity contribution is 0.463. The fourth-order valence-corrected chi connectivity index (χ4v) is 1.98. The number of benzene rings is 1. The van der Waals surface area contributed by atoms with Crippen LogP contribution >= 0.6 is 0 Å². The number of phenols is 1. The molecule has 102 valence electrons. The summed E-state index contributed by atoms with van der Waals surface area (Å²) in [5.74, 6) is -0.617. The summed E-state index contributed by atoms with van der Waals surface area (Å²) >= 11 is 0. The summed E-state index contributed by atoms with van der Waals surface area (Å²) in [6, 6.07) is 3.67. The van der Waals surface area contributed by atoms with Crippen LogP contribution in [0.4, 0.5) is 4.39 Å². The Morgan fingerprint density at radius 3 is 2.61 bits per heavy atom. The molecule has 1 rings (SSSR count). The van der Waals surface area contributed by atoms with Crippen LogP contribution in [0.1, 0.15) is 18.5 Å². The van der Waals surface area contributed by atoms with Crippen molar-refractivity contribution in [3.05, 3.63) is 29.6 Å². The van der Waals surface area contributed by atoms with E-state index in [0.29, 0.717) is 12.1 Å². The van der Waals surface area contributed by atoms with Gasteiger partial charge in [0.15, 0.2) is 0 Å². The maximum atomic E-state index is 13.5. The molecule has 0 saturated carbocycles. The van der Waals surface area contributed by atoms with E-state index in [1.54, 1.807) is 6.92 Å². The maximum absolute atomic E-state index is 13.5. The number of hydrogen-bond donors (Lipinski definition) is 3. The van der Waals surface area contributed by atoms with Crippen molar-refractivity contribution in [2.24, 2.45) is 0 Å². The molecule has 7 heteroatoms. The molecule has 0 bridgehead atoms. The van der Waals surface area contributed by atoms with Crippen LogP contribution in [-0.4, -0.2) is 32.9 Å². The summed E-state index contributed by atoms with van der Waals surface area (Å²) in [5, 5.41) is 12.1. The molecule has 1 atom stereocenters. The monoisotopic (exact) mass is 276 g/mol. The highest BCUT2D eigenvalue weighted by atomic mass is 32.2. The number of rotatable bonds is 6. The van der Waals surface area contributed by atoms with Crippen molar-refractivity contribution in [3.63, 3.8) is 0 Å². The van der Waals surface area contributed by atoms with Gasteiger partial charge in [-0.1, -0.05) is 6.07 Å². The highest BCUT2D eigenvalue weighted by molar-refractivity contribution is 7.88. The van der Waals surface area contributed by atoms with Gasteiger partial charge in [0.1, 0.15) is 11.6 Å². The van der Waals surface area contributed by atoms with E-state index in [2.05, 4.69) is 10.0 Å². The van der Waals surface area contributed by atoms with Gasteiger partial charge in [0.05, 0.1) is 6.26 Å². The van der Waals surface area contributed by atoms with E-state index in [0.717, 1.165) is 12.3 Å². The fourth-order valence-electron chi connectivity index (χ4n) is 1.50. The van der Waals surface area contributed by atoms with Crippen molar-refractivity contribution < 1.29 is 17.9 Å². The Hall–Kier alpha value is -1.18. The number of phenolic OH excluding ortho intramolecular Hbond substituents is 1. The second-order valence-corrected chi connectivity index (χ2v) is 5.88. The van der Waals surface area contributed by atoms with E-state index in [1.807, 2.05) is 0 Å². The lowest BCUT2D eigenvalue weighted by Crippen LogP contribution is -2.32. The first-order chi connectivity index (χ1) is 8.29. The predicted molar refractivity (Wildman–Crippen MR) is 67.3 cm³/mol. The molecule has 0 aromatic heterocycles. The fraction of sp³-hybridized carbons (Fsp3) is 0.455. The molecule has 0 spiro atoms. The second-order valence-electron chi connectivity index (χ2n) is 4.05. The molecule has 0 aliphatic rings. The molecule has 1 unspecified atom stereocenters. The maximum Gasteiger partial charge on any atom is 0.208 e. The lowest BCUT2D eigenvalue weighted by Gasteiger charge is -2.15. The first kappa shape index (κ1) is 14.9. The van der Waals surface area contributed by atoms with Crippen molar-refractivity contribution in [1.82, 2.24) is 10.0 Å². The average molecular weight is 276 g/mol. The minimum absolute atomic E-state index is 0.123. The van der Waals surface area contributed by atoms with Crippen molar-refractivity contribution in [2.75, 3.05) is 19.3 Å². The zero-order valence-corrected chi connectivity index (χ0v) is 11.1. The zero-order valence-electron chi connectivity index (χ0n) is 10.3. The number of aromatic hydroxyl groups is 1. The highest BCUT2D eigenvalue weighted by Crippen LogP contribution is 2.20. The number of hydrogen-bond acceptors (Lipinski definition) is 4. The van der Waals surface area contributed by atoms with Gasteiger partial charge >= 0.3 is 0 Å².